The Morgan fingerprint density at radius 1 is 0.900 bits per heavy atom. The fraction of sp³-hybridized carbons (Fsp3) is 0. The van der Waals surface area contributed by atoms with Crippen LogP contribution in [0.1, 0.15) is 0 Å². The van der Waals surface area contributed by atoms with Crippen molar-refractivity contribution in [1.82, 2.24) is 15.0 Å². The Labute approximate surface area is 177 Å². The number of hydrogen-bond acceptors (Lipinski definition) is 3. The highest BCUT2D eigenvalue weighted by Crippen LogP contribution is 2.38. The topological polar surface area (TPSA) is 87.6 Å². The Bertz CT molecular complexity index is 1650. The van der Waals surface area contributed by atoms with E-state index in [0.717, 1.165) is 59.3 Å². The summed E-state index contributed by atoms with van der Waals surface area (Å²) in [5.74, 6) is 0.721. The Balaban J connectivity index is 1.75. The summed E-state index contributed by atoms with van der Waals surface area (Å²) in [6.45, 7) is 0. The van der Waals surface area contributed by atoms with Gasteiger partial charge in [-0.25, -0.2) is 4.98 Å². The van der Waals surface area contributed by atoms with Gasteiger partial charge in [0.05, 0.1) is 16.0 Å². The van der Waals surface area contributed by atoms with Crippen molar-refractivity contribution in [2.24, 2.45) is 0 Å². The molecular formula is C23H13BrN4O2. The van der Waals surface area contributed by atoms with E-state index in [2.05, 4.69) is 32.0 Å². The number of H-pyrrole nitrogens is 2. The maximum Gasteiger partial charge on any atom is 0.270 e. The maximum absolute atomic E-state index is 11.4. The van der Waals surface area contributed by atoms with Gasteiger partial charge in [0.15, 0.2) is 0 Å². The third kappa shape index (κ3) is 2.39. The van der Waals surface area contributed by atoms with Gasteiger partial charge >= 0.3 is 0 Å². The molecule has 2 heterocycles. The molecule has 144 valence electrons. The van der Waals surface area contributed by atoms with E-state index in [0.29, 0.717) is 0 Å². The van der Waals surface area contributed by atoms with Crippen LogP contribution in [0.3, 0.4) is 0 Å². The lowest BCUT2D eigenvalue weighted by Crippen LogP contribution is -1.88. The quantitative estimate of drug-likeness (QED) is 0.173. The van der Waals surface area contributed by atoms with E-state index < -0.39 is 0 Å². The second-order valence-corrected chi connectivity index (χ2v) is 8.15. The number of aromatic amines is 2. The van der Waals surface area contributed by atoms with Crippen LogP contribution in [0.25, 0.3) is 54.9 Å². The molecule has 30 heavy (non-hydrogen) atoms. The zero-order valence-corrected chi connectivity index (χ0v) is 17.0. The summed E-state index contributed by atoms with van der Waals surface area (Å²) in [7, 11) is 0. The molecule has 0 radical (unpaired) electrons. The molecule has 2 aromatic heterocycles. The van der Waals surface area contributed by atoms with Gasteiger partial charge in [-0.15, -0.1) is 0 Å². The van der Waals surface area contributed by atoms with Gasteiger partial charge in [0.1, 0.15) is 5.82 Å². The van der Waals surface area contributed by atoms with E-state index in [1.54, 1.807) is 12.1 Å². The van der Waals surface area contributed by atoms with Crippen LogP contribution in [0.2, 0.25) is 0 Å². The number of nitrogens with zero attached hydrogens (tertiary/aromatic N) is 2. The van der Waals surface area contributed by atoms with Crippen molar-refractivity contribution in [3.05, 3.63) is 81.4 Å². The number of halogens is 1. The number of hydrogen-bond donors (Lipinski definition) is 2. The molecule has 0 bridgehead atoms. The van der Waals surface area contributed by atoms with Crippen molar-refractivity contribution < 1.29 is 4.92 Å². The molecule has 6 aromatic rings. The van der Waals surface area contributed by atoms with Crippen molar-refractivity contribution in [3.8, 4) is 11.4 Å². The molecule has 2 N–H and O–H groups in total. The van der Waals surface area contributed by atoms with Gasteiger partial charge in [0.25, 0.3) is 5.69 Å². The van der Waals surface area contributed by atoms with E-state index in [1.165, 1.54) is 0 Å². The van der Waals surface area contributed by atoms with E-state index in [1.807, 2.05) is 48.7 Å². The minimum Gasteiger partial charge on any atom is -0.360 e. The third-order valence-corrected chi connectivity index (χ3v) is 6.05. The SMILES string of the molecule is O=[N+]([O-])c1ccc2c3ccccc3c3[nH]c(-c4c[nH]c5ccc(Br)cc45)nc3c2c1. The predicted octanol–water partition coefficient (Wildman–Crippen LogP) is 6.69. The molecule has 0 fully saturated rings. The monoisotopic (exact) mass is 456 g/mol. The Kier molecular flexibility index (Phi) is 3.52. The zero-order chi connectivity index (χ0) is 20.4. The number of nitrogens with one attached hydrogen (secondary N) is 2. The molecule has 0 aliphatic heterocycles. The molecule has 0 aliphatic carbocycles. The largest absolute Gasteiger partial charge is 0.360 e. The molecule has 7 heteroatoms. The normalized spacial score (nSPS) is 11.8. The number of imidazole rings is 1. The first kappa shape index (κ1) is 17.2. The summed E-state index contributed by atoms with van der Waals surface area (Å²) in [5, 5.41) is 16.2. The number of benzene rings is 4. The Hall–Kier alpha value is -3.71. The molecule has 0 aliphatic rings. The van der Waals surface area contributed by atoms with Crippen molar-refractivity contribution in [2.45, 2.75) is 0 Å². The molecule has 0 atom stereocenters. The number of fused-ring (bicyclic) bond motifs is 7. The molecule has 4 aromatic carbocycles. The predicted molar refractivity (Wildman–Crippen MR) is 123 cm³/mol. The zero-order valence-electron chi connectivity index (χ0n) is 15.4. The highest BCUT2D eigenvalue weighted by molar-refractivity contribution is 9.10. The van der Waals surface area contributed by atoms with Crippen molar-refractivity contribution >= 4 is 65.1 Å². The Morgan fingerprint density at radius 2 is 1.70 bits per heavy atom. The highest BCUT2D eigenvalue weighted by Gasteiger charge is 2.18. The van der Waals surface area contributed by atoms with Crippen LogP contribution in [0.5, 0.6) is 0 Å². The van der Waals surface area contributed by atoms with Crippen LogP contribution in [0, 0.1) is 10.1 Å². The molecule has 6 nitrogen and oxygen atoms in total. The van der Waals surface area contributed by atoms with Crippen LogP contribution < -0.4 is 0 Å². The van der Waals surface area contributed by atoms with Crippen LogP contribution in [-0.2, 0) is 0 Å². The number of nitro benzene ring substituents is 1. The lowest BCUT2D eigenvalue weighted by atomic mass is 9.99. The number of rotatable bonds is 2. The van der Waals surface area contributed by atoms with Gasteiger partial charge in [-0.1, -0.05) is 40.2 Å². The van der Waals surface area contributed by atoms with Crippen molar-refractivity contribution in [2.75, 3.05) is 0 Å². The average molecular weight is 457 g/mol. The minimum atomic E-state index is -0.370. The van der Waals surface area contributed by atoms with Gasteiger partial charge in [-0.2, -0.15) is 0 Å². The van der Waals surface area contributed by atoms with Crippen LogP contribution in [0.15, 0.2) is 71.3 Å². The lowest BCUT2D eigenvalue weighted by molar-refractivity contribution is -0.384. The summed E-state index contributed by atoms with van der Waals surface area (Å²) in [6.07, 6.45) is 1.93. The van der Waals surface area contributed by atoms with Crippen LogP contribution in [-0.4, -0.2) is 19.9 Å². The number of nitro groups is 1. The molecule has 0 saturated heterocycles. The van der Waals surface area contributed by atoms with Gasteiger partial charge in [-0.3, -0.25) is 10.1 Å². The summed E-state index contributed by atoms with van der Waals surface area (Å²) in [6, 6.07) is 19.1. The van der Waals surface area contributed by atoms with Crippen molar-refractivity contribution in [3.63, 3.8) is 0 Å². The summed E-state index contributed by atoms with van der Waals surface area (Å²) in [4.78, 5) is 22.7. The van der Waals surface area contributed by atoms with Gasteiger partial charge in [-0.05, 0) is 35.0 Å². The summed E-state index contributed by atoms with van der Waals surface area (Å²) < 4.78 is 0.985. The highest BCUT2D eigenvalue weighted by atomic mass is 79.9. The maximum atomic E-state index is 11.4. The third-order valence-electron chi connectivity index (χ3n) is 5.56. The molecule has 6 rings (SSSR count). The van der Waals surface area contributed by atoms with Gasteiger partial charge in [0, 0.05) is 50.0 Å². The van der Waals surface area contributed by atoms with Crippen LogP contribution in [0.4, 0.5) is 5.69 Å². The molecule has 0 saturated carbocycles. The average Bonchev–Trinajstić information content (AvgIpc) is 3.37. The van der Waals surface area contributed by atoms with Gasteiger partial charge < -0.3 is 9.97 Å². The smallest absolute Gasteiger partial charge is 0.270 e. The summed E-state index contributed by atoms with van der Waals surface area (Å²) >= 11 is 3.54. The van der Waals surface area contributed by atoms with E-state index in [4.69, 9.17) is 4.98 Å². The molecular weight excluding hydrogens is 444 g/mol. The second-order valence-electron chi connectivity index (χ2n) is 7.23. The first-order valence-electron chi connectivity index (χ1n) is 9.36. The standard InChI is InChI=1S/C23H13BrN4O2/c24-12-5-8-20-17(9-12)19(11-25-20)23-26-21-16-4-2-1-3-14(16)15-7-6-13(28(29)30)10-18(15)22(21)27-23/h1-11,25H,(H,26,27). The van der Waals surface area contributed by atoms with E-state index in [-0.39, 0.29) is 10.6 Å². The first-order valence-corrected chi connectivity index (χ1v) is 10.1. The lowest BCUT2D eigenvalue weighted by Gasteiger charge is -2.05. The van der Waals surface area contributed by atoms with Crippen molar-refractivity contribution in [1.29, 1.82) is 0 Å². The minimum absolute atomic E-state index is 0.0552. The fourth-order valence-corrected chi connectivity index (χ4v) is 4.55. The number of non-ortho nitro benzene ring substituents is 1. The van der Waals surface area contributed by atoms with Crippen LogP contribution >= 0.6 is 15.9 Å². The Morgan fingerprint density at radius 3 is 2.53 bits per heavy atom. The van der Waals surface area contributed by atoms with E-state index in [9.17, 15) is 10.1 Å². The summed E-state index contributed by atoms with van der Waals surface area (Å²) in [5.41, 5.74) is 3.62. The molecule has 0 amide bonds. The molecule has 0 unspecified atom stereocenters. The first-order chi connectivity index (χ1) is 14.6. The fourth-order valence-electron chi connectivity index (χ4n) is 4.19. The molecule has 0 spiro atoms. The number of aromatic nitrogens is 3. The van der Waals surface area contributed by atoms with E-state index >= 15 is 0 Å². The van der Waals surface area contributed by atoms with Gasteiger partial charge in [0.2, 0.25) is 0 Å². The second kappa shape index (κ2) is 6.14.